The summed E-state index contributed by atoms with van der Waals surface area (Å²) < 4.78 is 11.4. The monoisotopic (exact) mass is 396 g/mol. The number of methoxy groups -OCH3 is 1. The summed E-state index contributed by atoms with van der Waals surface area (Å²) in [6, 6.07) is 7.78. The van der Waals surface area contributed by atoms with Crippen LogP contribution in [0.15, 0.2) is 30.5 Å². The lowest BCUT2D eigenvalue weighted by atomic mass is 9.83. The van der Waals surface area contributed by atoms with E-state index in [9.17, 15) is 9.90 Å². The summed E-state index contributed by atoms with van der Waals surface area (Å²) >= 11 is 0. The zero-order chi connectivity index (χ0) is 20.4. The van der Waals surface area contributed by atoms with Gasteiger partial charge in [0.05, 0.1) is 25.8 Å². The van der Waals surface area contributed by atoms with Crippen LogP contribution >= 0.6 is 0 Å². The second-order valence-electron chi connectivity index (χ2n) is 8.46. The van der Waals surface area contributed by atoms with Gasteiger partial charge in [0, 0.05) is 17.5 Å². The fraction of sp³-hybridized carbons (Fsp3) is 0.522. The van der Waals surface area contributed by atoms with Crippen molar-refractivity contribution >= 4 is 5.97 Å². The third-order valence-electron chi connectivity index (χ3n) is 6.30. The van der Waals surface area contributed by atoms with Gasteiger partial charge in [-0.3, -0.25) is 4.79 Å². The highest BCUT2D eigenvalue weighted by Gasteiger charge is 2.45. The molecule has 4 rings (SSSR count). The molecule has 2 aliphatic carbocycles. The summed E-state index contributed by atoms with van der Waals surface area (Å²) in [7, 11) is 1.61. The molecule has 2 aliphatic rings. The molecule has 2 saturated carbocycles. The van der Waals surface area contributed by atoms with Crippen molar-refractivity contribution in [1.82, 2.24) is 10.2 Å². The highest BCUT2D eigenvalue weighted by atomic mass is 16.5. The number of nitrogens with zero attached hydrogens (tertiary/aromatic N) is 2. The van der Waals surface area contributed by atoms with Crippen LogP contribution in [-0.2, 0) is 4.79 Å². The third kappa shape index (κ3) is 4.52. The van der Waals surface area contributed by atoms with E-state index in [1.807, 2.05) is 24.3 Å². The minimum Gasteiger partial charge on any atom is -0.496 e. The molecule has 29 heavy (non-hydrogen) atoms. The van der Waals surface area contributed by atoms with Gasteiger partial charge in [-0.15, -0.1) is 5.10 Å². The summed E-state index contributed by atoms with van der Waals surface area (Å²) in [5, 5.41) is 17.5. The summed E-state index contributed by atoms with van der Waals surface area (Å²) in [6.07, 6.45) is 7.32. The van der Waals surface area contributed by atoms with Crippen LogP contribution in [0.3, 0.4) is 0 Å². The van der Waals surface area contributed by atoms with Crippen molar-refractivity contribution < 1.29 is 19.4 Å². The van der Waals surface area contributed by atoms with Gasteiger partial charge in [-0.25, -0.2) is 0 Å². The predicted octanol–water partition coefficient (Wildman–Crippen LogP) is 4.55. The van der Waals surface area contributed by atoms with E-state index in [-0.39, 0.29) is 11.8 Å². The highest BCUT2D eigenvalue weighted by molar-refractivity contribution is 5.76. The van der Waals surface area contributed by atoms with Gasteiger partial charge in [0.1, 0.15) is 5.75 Å². The van der Waals surface area contributed by atoms with Crippen LogP contribution in [0.1, 0.15) is 50.5 Å². The Morgan fingerprint density at radius 1 is 1.17 bits per heavy atom. The lowest BCUT2D eigenvalue weighted by Crippen LogP contribution is -2.19. The molecule has 1 aromatic carbocycles. The number of carboxylic acids is 1. The van der Waals surface area contributed by atoms with Crippen LogP contribution in [0, 0.1) is 17.8 Å². The Labute approximate surface area is 171 Å². The first-order chi connectivity index (χ1) is 14.0. The lowest BCUT2D eigenvalue weighted by molar-refractivity contribution is -0.138. The van der Waals surface area contributed by atoms with Gasteiger partial charge in [-0.2, -0.15) is 5.10 Å². The molecule has 0 bridgehead atoms. The Kier molecular flexibility index (Phi) is 5.69. The van der Waals surface area contributed by atoms with Crippen molar-refractivity contribution in [2.75, 3.05) is 13.7 Å². The number of hydrogen-bond donors (Lipinski definition) is 1. The number of ether oxygens (including phenoxy) is 2. The van der Waals surface area contributed by atoms with E-state index in [1.165, 1.54) is 25.7 Å². The zero-order valence-electron chi connectivity index (χ0n) is 17.0. The molecule has 1 N–H and O–H groups in total. The van der Waals surface area contributed by atoms with Gasteiger partial charge in [0.15, 0.2) is 0 Å². The first kappa shape index (κ1) is 19.7. The number of aliphatic carboxylic acids is 1. The maximum Gasteiger partial charge on any atom is 0.307 e. The number of benzene rings is 1. The van der Waals surface area contributed by atoms with E-state index < -0.39 is 5.97 Å². The molecular weight excluding hydrogens is 368 g/mol. The molecule has 1 heterocycles. The molecule has 1 aromatic heterocycles. The molecule has 0 radical (unpaired) electrons. The van der Waals surface area contributed by atoms with Crippen LogP contribution in [0.4, 0.5) is 0 Å². The van der Waals surface area contributed by atoms with Crippen molar-refractivity contribution in [1.29, 1.82) is 0 Å². The summed E-state index contributed by atoms with van der Waals surface area (Å²) in [5.74, 6) is 1.60. The maximum absolute atomic E-state index is 11.3. The molecule has 6 heteroatoms. The van der Waals surface area contributed by atoms with Crippen LogP contribution in [0.25, 0.3) is 11.1 Å². The van der Waals surface area contributed by atoms with Gasteiger partial charge in [0.2, 0.25) is 5.88 Å². The molecule has 0 aliphatic heterocycles. The van der Waals surface area contributed by atoms with Gasteiger partial charge < -0.3 is 14.6 Å². The topological polar surface area (TPSA) is 81.5 Å². The Balaban J connectivity index is 1.48. The summed E-state index contributed by atoms with van der Waals surface area (Å²) in [5.41, 5.74) is 2.81. The van der Waals surface area contributed by atoms with Crippen molar-refractivity contribution in [3.63, 3.8) is 0 Å². The van der Waals surface area contributed by atoms with Crippen LogP contribution in [-0.4, -0.2) is 35.0 Å². The van der Waals surface area contributed by atoms with Crippen molar-refractivity contribution in [3.05, 3.63) is 36.0 Å². The van der Waals surface area contributed by atoms with E-state index in [0.29, 0.717) is 24.8 Å². The quantitative estimate of drug-likeness (QED) is 0.740. The number of rotatable bonds is 7. The zero-order valence-corrected chi connectivity index (χ0v) is 17.0. The Bertz CT molecular complexity index is 877. The molecule has 0 saturated heterocycles. The minimum absolute atomic E-state index is 0.00149. The molecule has 6 nitrogen and oxygen atoms in total. The average molecular weight is 396 g/mol. The molecule has 2 atom stereocenters. The lowest BCUT2D eigenvalue weighted by Gasteiger charge is -2.25. The van der Waals surface area contributed by atoms with Gasteiger partial charge >= 0.3 is 5.97 Å². The number of carboxylic acid groups (broad SMARTS) is 1. The number of aromatic nitrogens is 2. The fourth-order valence-corrected chi connectivity index (χ4v) is 4.29. The van der Waals surface area contributed by atoms with E-state index in [0.717, 1.165) is 28.4 Å². The minimum atomic E-state index is -0.749. The number of carbonyl (C=O) groups is 1. The van der Waals surface area contributed by atoms with Crippen LogP contribution in [0.2, 0.25) is 0 Å². The van der Waals surface area contributed by atoms with Crippen molar-refractivity contribution in [2.24, 2.45) is 17.8 Å². The molecule has 2 fully saturated rings. The fourth-order valence-electron chi connectivity index (χ4n) is 4.29. The van der Waals surface area contributed by atoms with Crippen LogP contribution in [0.5, 0.6) is 11.6 Å². The van der Waals surface area contributed by atoms with E-state index >= 15 is 0 Å². The molecule has 2 aromatic rings. The maximum atomic E-state index is 11.3. The molecule has 154 valence electrons. The molecule has 0 spiro atoms. The Morgan fingerprint density at radius 2 is 1.97 bits per heavy atom. The summed E-state index contributed by atoms with van der Waals surface area (Å²) in [6.45, 7) is 3.00. The van der Waals surface area contributed by atoms with Crippen molar-refractivity contribution in [2.45, 2.75) is 44.9 Å². The summed E-state index contributed by atoms with van der Waals surface area (Å²) in [4.78, 5) is 11.3. The largest absolute Gasteiger partial charge is 0.496 e. The average Bonchev–Trinajstić information content (AvgIpc) is 3.54. The SMILES string of the molecule is COc1ccc(-c2cnnc(OCC3CCC(C)CC3)c2)cc1[C@H]1C[C@@H]1C(=O)O. The van der Waals surface area contributed by atoms with E-state index in [1.54, 1.807) is 13.3 Å². The first-order valence-electron chi connectivity index (χ1n) is 10.4. The second-order valence-corrected chi connectivity index (χ2v) is 8.46. The number of hydrogen-bond acceptors (Lipinski definition) is 5. The standard InChI is InChI=1S/C23H28N2O4/c1-14-3-5-15(6-4-14)13-29-22-10-17(12-24-25-22)16-7-8-21(28-2)19(9-16)18-11-20(18)23(26)27/h7-10,12,14-15,18,20H,3-6,11,13H2,1-2H3,(H,26,27)/t14?,15?,18-,20+/m1/s1. The smallest absolute Gasteiger partial charge is 0.307 e. The molecule has 0 amide bonds. The van der Waals surface area contributed by atoms with Crippen LogP contribution < -0.4 is 9.47 Å². The predicted molar refractivity (Wildman–Crippen MR) is 109 cm³/mol. The Hall–Kier alpha value is -2.63. The highest BCUT2D eigenvalue weighted by Crippen LogP contribution is 2.51. The Morgan fingerprint density at radius 3 is 2.66 bits per heavy atom. The van der Waals surface area contributed by atoms with Gasteiger partial charge in [0.25, 0.3) is 0 Å². The van der Waals surface area contributed by atoms with E-state index in [2.05, 4.69) is 17.1 Å². The van der Waals surface area contributed by atoms with Gasteiger partial charge in [-0.05, 0) is 54.4 Å². The van der Waals surface area contributed by atoms with Gasteiger partial charge in [-0.1, -0.05) is 25.8 Å². The first-order valence-corrected chi connectivity index (χ1v) is 10.4. The molecule has 0 unspecified atom stereocenters. The van der Waals surface area contributed by atoms with E-state index in [4.69, 9.17) is 9.47 Å². The second kappa shape index (κ2) is 8.39. The van der Waals surface area contributed by atoms with Crippen molar-refractivity contribution in [3.8, 4) is 22.8 Å². The molecular formula is C23H28N2O4. The normalized spacial score (nSPS) is 26.0. The third-order valence-corrected chi connectivity index (χ3v) is 6.30.